The molecule has 2 aromatic carbocycles. The van der Waals surface area contributed by atoms with Crippen LogP contribution in [0.2, 0.25) is 0 Å². The first-order valence-electron chi connectivity index (χ1n) is 8.70. The van der Waals surface area contributed by atoms with E-state index in [1.165, 1.54) is 24.5 Å². The highest BCUT2D eigenvalue weighted by atomic mass is 19.1. The van der Waals surface area contributed by atoms with E-state index < -0.39 is 23.6 Å². The van der Waals surface area contributed by atoms with Crippen molar-refractivity contribution >= 4 is 29.2 Å². The predicted molar refractivity (Wildman–Crippen MR) is 105 cm³/mol. The van der Waals surface area contributed by atoms with Crippen molar-refractivity contribution in [2.24, 2.45) is 5.10 Å². The Kier molecular flexibility index (Phi) is 6.33. The number of carbonyl (C=O) groups excluding carboxylic acids is 3. The maximum Gasteiger partial charge on any atom is 0.379 e. The molecular formula is C21H16FN3O5. The Morgan fingerprint density at radius 1 is 0.967 bits per heavy atom. The zero-order chi connectivity index (χ0) is 21.5. The summed E-state index contributed by atoms with van der Waals surface area (Å²) >= 11 is 0. The Morgan fingerprint density at radius 2 is 1.70 bits per heavy atom. The first-order chi connectivity index (χ1) is 14.4. The van der Waals surface area contributed by atoms with Gasteiger partial charge in [-0.2, -0.15) is 5.10 Å². The number of hydrogen-bond donors (Lipinski definition) is 2. The smallest absolute Gasteiger partial charge is 0.379 e. The normalized spacial score (nSPS) is 10.9. The topological polar surface area (TPSA) is 110 Å². The molecule has 3 aromatic rings. The fraction of sp³-hybridized carbons (Fsp3) is 0.0476. The zero-order valence-corrected chi connectivity index (χ0v) is 15.7. The SMILES string of the molecule is C/C(=N\NC(=O)C(=O)Nc1ccc(F)cc1)c1ccccc1OC(=O)c1ccco1. The Labute approximate surface area is 170 Å². The molecule has 0 radical (unpaired) electrons. The number of carbonyl (C=O) groups is 3. The second-order valence-corrected chi connectivity index (χ2v) is 5.96. The van der Waals surface area contributed by atoms with Gasteiger partial charge in [0.1, 0.15) is 11.6 Å². The summed E-state index contributed by atoms with van der Waals surface area (Å²) in [6, 6.07) is 14.5. The molecule has 1 heterocycles. The summed E-state index contributed by atoms with van der Waals surface area (Å²) in [6.07, 6.45) is 1.35. The van der Waals surface area contributed by atoms with Crippen molar-refractivity contribution in [1.82, 2.24) is 5.43 Å². The van der Waals surface area contributed by atoms with Gasteiger partial charge in [0.25, 0.3) is 0 Å². The highest BCUT2D eigenvalue weighted by Crippen LogP contribution is 2.20. The molecule has 0 bridgehead atoms. The van der Waals surface area contributed by atoms with Gasteiger partial charge >= 0.3 is 17.8 Å². The number of anilines is 1. The van der Waals surface area contributed by atoms with Crippen LogP contribution < -0.4 is 15.5 Å². The molecule has 0 spiro atoms. The summed E-state index contributed by atoms with van der Waals surface area (Å²) < 4.78 is 23.2. The van der Waals surface area contributed by atoms with Crippen LogP contribution in [0.5, 0.6) is 5.75 Å². The minimum Gasteiger partial charge on any atom is -0.457 e. The third-order valence-corrected chi connectivity index (χ3v) is 3.84. The number of furan rings is 1. The zero-order valence-electron chi connectivity index (χ0n) is 15.7. The molecule has 152 valence electrons. The summed E-state index contributed by atoms with van der Waals surface area (Å²) in [5.74, 6) is -2.93. The van der Waals surface area contributed by atoms with Gasteiger partial charge in [-0.3, -0.25) is 9.59 Å². The number of nitrogens with one attached hydrogen (secondary N) is 2. The first kappa shape index (κ1) is 20.5. The maximum atomic E-state index is 12.9. The van der Waals surface area contributed by atoms with Crippen LogP contribution in [-0.2, 0) is 9.59 Å². The van der Waals surface area contributed by atoms with Crippen LogP contribution >= 0.6 is 0 Å². The molecule has 0 aliphatic rings. The molecule has 8 nitrogen and oxygen atoms in total. The lowest BCUT2D eigenvalue weighted by Gasteiger charge is -2.09. The van der Waals surface area contributed by atoms with Gasteiger partial charge in [-0.05, 0) is 55.5 Å². The minimum absolute atomic E-state index is 0.0326. The van der Waals surface area contributed by atoms with Gasteiger partial charge in [0.15, 0.2) is 0 Å². The molecule has 0 aliphatic heterocycles. The fourth-order valence-electron chi connectivity index (χ4n) is 2.37. The van der Waals surface area contributed by atoms with Crippen LogP contribution in [0.4, 0.5) is 10.1 Å². The quantitative estimate of drug-likeness (QED) is 0.221. The van der Waals surface area contributed by atoms with Gasteiger partial charge in [-0.15, -0.1) is 0 Å². The van der Waals surface area contributed by atoms with E-state index in [2.05, 4.69) is 15.8 Å². The number of para-hydroxylation sites is 1. The lowest BCUT2D eigenvalue weighted by Crippen LogP contribution is -2.33. The van der Waals surface area contributed by atoms with Gasteiger partial charge in [-0.1, -0.05) is 12.1 Å². The van der Waals surface area contributed by atoms with E-state index in [0.29, 0.717) is 11.3 Å². The summed E-state index contributed by atoms with van der Waals surface area (Å²) in [6.45, 7) is 1.57. The molecule has 0 atom stereocenters. The highest BCUT2D eigenvalue weighted by molar-refractivity contribution is 6.39. The van der Waals surface area contributed by atoms with E-state index in [9.17, 15) is 18.8 Å². The number of esters is 1. The van der Waals surface area contributed by atoms with Gasteiger partial charge < -0.3 is 14.5 Å². The standard InChI is InChI=1S/C21H16FN3O5/c1-13(24-25-20(27)19(26)23-15-10-8-14(22)9-11-15)16-5-2-3-6-17(16)30-21(28)18-7-4-12-29-18/h2-12H,1H3,(H,23,26)(H,25,27)/b24-13+. The number of ether oxygens (including phenoxy) is 1. The van der Waals surface area contributed by atoms with E-state index in [-0.39, 0.29) is 17.2 Å². The lowest BCUT2D eigenvalue weighted by molar-refractivity contribution is -0.136. The highest BCUT2D eigenvalue weighted by Gasteiger charge is 2.16. The van der Waals surface area contributed by atoms with Crippen molar-refractivity contribution in [3.63, 3.8) is 0 Å². The number of hydrogen-bond acceptors (Lipinski definition) is 6. The molecule has 9 heteroatoms. The van der Waals surface area contributed by atoms with E-state index in [1.807, 2.05) is 0 Å². The average Bonchev–Trinajstić information content (AvgIpc) is 3.29. The summed E-state index contributed by atoms with van der Waals surface area (Å²) in [5.41, 5.74) is 3.10. The van der Waals surface area contributed by atoms with E-state index in [0.717, 1.165) is 12.1 Å². The number of nitrogens with zero attached hydrogens (tertiary/aromatic N) is 1. The van der Waals surface area contributed by atoms with Crippen molar-refractivity contribution in [3.8, 4) is 5.75 Å². The Morgan fingerprint density at radius 3 is 2.40 bits per heavy atom. The Bertz CT molecular complexity index is 1090. The van der Waals surface area contributed by atoms with E-state index in [1.54, 1.807) is 37.3 Å². The maximum absolute atomic E-state index is 12.9. The van der Waals surface area contributed by atoms with Crippen LogP contribution in [0.1, 0.15) is 23.0 Å². The molecule has 0 saturated carbocycles. The first-order valence-corrected chi connectivity index (χ1v) is 8.70. The average molecular weight is 409 g/mol. The summed E-state index contributed by atoms with van der Waals surface area (Å²) in [4.78, 5) is 36.0. The van der Waals surface area contributed by atoms with Crippen molar-refractivity contribution in [3.05, 3.63) is 84.1 Å². The van der Waals surface area contributed by atoms with Crippen molar-refractivity contribution in [1.29, 1.82) is 0 Å². The summed E-state index contributed by atoms with van der Waals surface area (Å²) in [5, 5.41) is 6.20. The molecule has 0 aliphatic carbocycles. The number of amides is 2. The van der Waals surface area contributed by atoms with Crippen LogP contribution in [0.3, 0.4) is 0 Å². The van der Waals surface area contributed by atoms with Crippen LogP contribution in [0.15, 0.2) is 76.4 Å². The fourth-order valence-corrected chi connectivity index (χ4v) is 2.37. The minimum atomic E-state index is -1.02. The Hall–Kier alpha value is -4.27. The third-order valence-electron chi connectivity index (χ3n) is 3.84. The molecule has 0 saturated heterocycles. The van der Waals surface area contributed by atoms with E-state index >= 15 is 0 Å². The van der Waals surface area contributed by atoms with Crippen LogP contribution in [0, 0.1) is 5.82 Å². The molecule has 0 fully saturated rings. The number of halogens is 1. The monoisotopic (exact) mass is 409 g/mol. The molecule has 30 heavy (non-hydrogen) atoms. The largest absolute Gasteiger partial charge is 0.457 e. The second kappa shape index (κ2) is 9.28. The van der Waals surface area contributed by atoms with E-state index in [4.69, 9.17) is 9.15 Å². The lowest BCUT2D eigenvalue weighted by atomic mass is 10.1. The number of rotatable bonds is 5. The van der Waals surface area contributed by atoms with Gasteiger partial charge in [0, 0.05) is 11.3 Å². The van der Waals surface area contributed by atoms with Gasteiger partial charge in [0.2, 0.25) is 5.76 Å². The van der Waals surface area contributed by atoms with Gasteiger partial charge in [-0.25, -0.2) is 14.6 Å². The predicted octanol–water partition coefficient (Wildman–Crippen LogP) is 3.12. The molecule has 2 N–H and O–H groups in total. The van der Waals surface area contributed by atoms with Crippen molar-refractivity contribution in [2.75, 3.05) is 5.32 Å². The third kappa shape index (κ3) is 5.16. The number of hydrazone groups is 1. The molecule has 3 rings (SSSR count). The molecular weight excluding hydrogens is 393 g/mol. The molecule has 1 aromatic heterocycles. The summed E-state index contributed by atoms with van der Waals surface area (Å²) in [7, 11) is 0. The second-order valence-electron chi connectivity index (χ2n) is 5.96. The van der Waals surface area contributed by atoms with Crippen LogP contribution in [0.25, 0.3) is 0 Å². The van der Waals surface area contributed by atoms with Crippen molar-refractivity contribution in [2.45, 2.75) is 6.92 Å². The molecule has 2 amide bonds. The number of benzene rings is 2. The Balaban J connectivity index is 1.66. The van der Waals surface area contributed by atoms with Gasteiger partial charge in [0.05, 0.1) is 12.0 Å². The van der Waals surface area contributed by atoms with Crippen molar-refractivity contribution < 1.29 is 27.9 Å². The van der Waals surface area contributed by atoms with Crippen LogP contribution in [-0.4, -0.2) is 23.5 Å². The molecule has 0 unspecified atom stereocenters.